The van der Waals surface area contributed by atoms with Crippen molar-refractivity contribution < 1.29 is 14.4 Å². The molecule has 1 aromatic carbocycles. The van der Waals surface area contributed by atoms with E-state index >= 15 is 0 Å². The average molecular weight is 386 g/mol. The van der Waals surface area contributed by atoms with Crippen molar-refractivity contribution in [2.24, 2.45) is 0 Å². The number of rotatable bonds is 6. The smallest absolute Gasteiger partial charge is 0.312 e. The van der Waals surface area contributed by atoms with Crippen molar-refractivity contribution in [1.82, 2.24) is 14.7 Å². The molecule has 3 amide bonds. The zero-order valence-electron chi connectivity index (χ0n) is 17.0. The highest BCUT2D eigenvalue weighted by Crippen LogP contribution is 2.21. The van der Waals surface area contributed by atoms with E-state index < -0.39 is 11.8 Å². The summed E-state index contributed by atoms with van der Waals surface area (Å²) >= 11 is 0. The second-order valence-electron chi connectivity index (χ2n) is 7.93. The summed E-state index contributed by atoms with van der Waals surface area (Å²) < 4.78 is 0. The molecule has 2 fully saturated rings. The first-order valence-corrected chi connectivity index (χ1v) is 10.4. The number of aryl methyl sites for hydroxylation is 1. The summed E-state index contributed by atoms with van der Waals surface area (Å²) in [5, 5.41) is 0. The standard InChI is InChI=1S/C22H31N3O3/c1-3-4-5-20(26)23-12-10-19(11-13-23)25-15-14-24(21(27)22(25)28)16-18-8-6-17(2)7-9-18/h6-9,19H,3-5,10-16H2,1-2H3. The van der Waals surface area contributed by atoms with Crippen molar-refractivity contribution in [3.8, 4) is 0 Å². The molecule has 0 bridgehead atoms. The molecule has 0 radical (unpaired) electrons. The lowest BCUT2D eigenvalue weighted by atomic mass is 10.0. The Morgan fingerprint density at radius 3 is 2.32 bits per heavy atom. The quantitative estimate of drug-likeness (QED) is 0.706. The highest BCUT2D eigenvalue weighted by atomic mass is 16.2. The van der Waals surface area contributed by atoms with E-state index in [2.05, 4.69) is 6.92 Å². The average Bonchev–Trinajstić information content (AvgIpc) is 2.71. The number of carbonyl (C=O) groups excluding carboxylic acids is 3. The summed E-state index contributed by atoms with van der Waals surface area (Å²) in [5.74, 6) is -0.590. The Labute approximate surface area is 167 Å². The molecule has 3 rings (SSSR count). The van der Waals surface area contributed by atoms with Crippen molar-refractivity contribution >= 4 is 17.7 Å². The van der Waals surface area contributed by atoms with Gasteiger partial charge in [-0.15, -0.1) is 0 Å². The van der Waals surface area contributed by atoms with Gasteiger partial charge in [-0.1, -0.05) is 43.2 Å². The van der Waals surface area contributed by atoms with Gasteiger partial charge in [-0.3, -0.25) is 14.4 Å². The van der Waals surface area contributed by atoms with Gasteiger partial charge in [0, 0.05) is 45.2 Å². The van der Waals surface area contributed by atoms with Gasteiger partial charge in [0.15, 0.2) is 0 Å². The van der Waals surface area contributed by atoms with Crippen LogP contribution in [0.25, 0.3) is 0 Å². The second-order valence-corrected chi connectivity index (χ2v) is 7.93. The van der Waals surface area contributed by atoms with Crippen molar-refractivity contribution in [3.63, 3.8) is 0 Å². The fourth-order valence-electron chi connectivity index (χ4n) is 4.02. The van der Waals surface area contributed by atoms with Crippen LogP contribution >= 0.6 is 0 Å². The van der Waals surface area contributed by atoms with Gasteiger partial charge in [0.05, 0.1) is 0 Å². The van der Waals surface area contributed by atoms with Gasteiger partial charge in [0.1, 0.15) is 0 Å². The molecule has 152 valence electrons. The molecule has 2 aliphatic heterocycles. The van der Waals surface area contributed by atoms with Crippen LogP contribution in [-0.4, -0.2) is 64.6 Å². The van der Waals surface area contributed by atoms with Crippen LogP contribution in [0.15, 0.2) is 24.3 Å². The van der Waals surface area contributed by atoms with Crippen molar-refractivity contribution in [3.05, 3.63) is 35.4 Å². The summed E-state index contributed by atoms with van der Waals surface area (Å²) in [5.41, 5.74) is 2.22. The molecule has 6 nitrogen and oxygen atoms in total. The van der Waals surface area contributed by atoms with Gasteiger partial charge in [-0.25, -0.2) is 0 Å². The summed E-state index contributed by atoms with van der Waals surface area (Å²) in [6.45, 7) is 7.08. The zero-order valence-corrected chi connectivity index (χ0v) is 17.0. The van der Waals surface area contributed by atoms with Crippen LogP contribution < -0.4 is 0 Å². The lowest BCUT2D eigenvalue weighted by Crippen LogP contribution is -2.59. The number of unbranched alkanes of at least 4 members (excludes halogenated alkanes) is 1. The number of carbonyl (C=O) groups is 3. The monoisotopic (exact) mass is 385 g/mol. The molecule has 0 spiro atoms. The van der Waals surface area contributed by atoms with Crippen molar-refractivity contribution in [2.75, 3.05) is 26.2 Å². The Kier molecular flexibility index (Phi) is 6.70. The van der Waals surface area contributed by atoms with Crippen molar-refractivity contribution in [1.29, 1.82) is 0 Å². The Hall–Kier alpha value is -2.37. The van der Waals surface area contributed by atoms with Crippen LogP contribution in [0.3, 0.4) is 0 Å². The fraction of sp³-hybridized carbons (Fsp3) is 0.591. The number of benzene rings is 1. The molecule has 0 saturated carbocycles. The van der Waals surface area contributed by atoms with Gasteiger partial charge < -0.3 is 14.7 Å². The van der Waals surface area contributed by atoms with E-state index in [9.17, 15) is 14.4 Å². The number of piperazine rings is 1. The van der Waals surface area contributed by atoms with E-state index in [0.717, 1.165) is 31.2 Å². The molecule has 0 aliphatic carbocycles. The largest absolute Gasteiger partial charge is 0.343 e. The Morgan fingerprint density at radius 1 is 1.00 bits per heavy atom. The lowest BCUT2D eigenvalue weighted by Gasteiger charge is -2.42. The number of amides is 3. The molecule has 1 aromatic rings. The third-order valence-electron chi connectivity index (χ3n) is 5.84. The number of hydrogen-bond donors (Lipinski definition) is 0. The van der Waals surface area contributed by atoms with Crippen LogP contribution in [0.2, 0.25) is 0 Å². The SMILES string of the molecule is CCCCC(=O)N1CCC(N2CCN(Cc3ccc(C)cc3)C(=O)C2=O)CC1. The Balaban J connectivity index is 1.52. The molecular weight excluding hydrogens is 354 g/mol. The summed E-state index contributed by atoms with van der Waals surface area (Å²) in [4.78, 5) is 42.8. The van der Waals surface area contributed by atoms with Gasteiger partial charge >= 0.3 is 11.8 Å². The van der Waals surface area contributed by atoms with Crippen LogP contribution in [-0.2, 0) is 20.9 Å². The third kappa shape index (κ3) is 4.72. The van der Waals surface area contributed by atoms with Crippen LogP contribution in [0.5, 0.6) is 0 Å². The van der Waals surface area contributed by atoms with Crippen LogP contribution in [0.4, 0.5) is 0 Å². The van der Waals surface area contributed by atoms with E-state index in [1.807, 2.05) is 36.1 Å². The highest BCUT2D eigenvalue weighted by Gasteiger charge is 2.37. The van der Waals surface area contributed by atoms with E-state index in [1.54, 1.807) is 9.80 Å². The maximum Gasteiger partial charge on any atom is 0.312 e. The second kappa shape index (κ2) is 9.22. The molecule has 2 heterocycles. The predicted octanol–water partition coefficient (Wildman–Crippen LogP) is 2.35. The van der Waals surface area contributed by atoms with E-state index in [-0.39, 0.29) is 11.9 Å². The maximum absolute atomic E-state index is 12.7. The third-order valence-corrected chi connectivity index (χ3v) is 5.84. The number of hydrogen-bond acceptors (Lipinski definition) is 3. The fourth-order valence-corrected chi connectivity index (χ4v) is 4.02. The first-order chi connectivity index (χ1) is 13.5. The molecule has 0 aromatic heterocycles. The number of likely N-dealkylation sites (tertiary alicyclic amines) is 1. The van der Waals surface area contributed by atoms with Crippen molar-refractivity contribution in [2.45, 2.75) is 58.5 Å². The highest BCUT2D eigenvalue weighted by molar-refractivity contribution is 6.35. The maximum atomic E-state index is 12.7. The Morgan fingerprint density at radius 2 is 1.68 bits per heavy atom. The van der Waals surface area contributed by atoms with Gasteiger partial charge in [-0.05, 0) is 31.7 Å². The minimum Gasteiger partial charge on any atom is -0.343 e. The Bertz CT molecular complexity index is 708. The molecule has 0 atom stereocenters. The van der Waals surface area contributed by atoms with Crippen LogP contribution in [0.1, 0.15) is 50.2 Å². The van der Waals surface area contributed by atoms with Crippen LogP contribution in [0, 0.1) is 6.92 Å². The first-order valence-electron chi connectivity index (χ1n) is 10.4. The summed E-state index contributed by atoms with van der Waals surface area (Å²) in [6, 6.07) is 8.12. The zero-order chi connectivity index (χ0) is 20.1. The molecule has 28 heavy (non-hydrogen) atoms. The summed E-state index contributed by atoms with van der Waals surface area (Å²) in [7, 11) is 0. The van der Waals surface area contributed by atoms with E-state index in [1.165, 1.54) is 5.56 Å². The number of piperidine rings is 1. The lowest BCUT2D eigenvalue weighted by molar-refractivity contribution is -0.159. The minimum absolute atomic E-state index is 0.0631. The molecular formula is C22H31N3O3. The number of nitrogens with zero attached hydrogens (tertiary/aromatic N) is 3. The first kappa shape index (κ1) is 20.4. The molecule has 0 unspecified atom stereocenters. The normalized spacial score (nSPS) is 18.7. The van der Waals surface area contributed by atoms with Gasteiger partial charge in [0.25, 0.3) is 0 Å². The molecule has 2 saturated heterocycles. The van der Waals surface area contributed by atoms with E-state index in [0.29, 0.717) is 39.1 Å². The minimum atomic E-state index is -0.409. The molecule has 0 N–H and O–H groups in total. The van der Waals surface area contributed by atoms with Gasteiger partial charge in [-0.2, -0.15) is 0 Å². The van der Waals surface area contributed by atoms with E-state index in [4.69, 9.17) is 0 Å². The summed E-state index contributed by atoms with van der Waals surface area (Å²) in [6.07, 6.45) is 4.07. The molecule has 6 heteroatoms. The predicted molar refractivity (Wildman–Crippen MR) is 107 cm³/mol. The topological polar surface area (TPSA) is 60.9 Å². The molecule has 2 aliphatic rings. The van der Waals surface area contributed by atoms with Gasteiger partial charge in [0.2, 0.25) is 5.91 Å².